The van der Waals surface area contributed by atoms with E-state index in [2.05, 4.69) is 37.2 Å². The highest BCUT2D eigenvalue weighted by Crippen LogP contribution is 2.37. The van der Waals surface area contributed by atoms with E-state index in [1.807, 2.05) is 42.5 Å². The molecule has 0 amide bonds. The van der Waals surface area contributed by atoms with Crippen molar-refractivity contribution in [3.8, 4) is 11.5 Å². The lowest BCUT2D eigenvalue weighted by Gasteiger charge is -2.15. The Kier molecular flexibility index (Phi) is 6.74. The van der Waals surface area contributed by atoms with Gasteiger partial charge in [0.2, 0.25) is 0 Å². The average molecular weight is 495 g/mol. The molecule has 0 fully saturated rings. The Balaban J connectivity index is 1.71. The van der Waals surface area contributed by atoms with Crippen LogP contribution in [0.3, 0.4) is 0 Å². The molecule has 0 atom stereocenters. The Morgan fingerprint density at radius 3 is 2.44 bits per heavy atom. The van der Waals surface area contributed by atoms with Gasteiger partial charge in [-0.15, -0.1) is 0 Å². The van der Waals surface area contributed by atoms with Gasteiger partial charge in [-0.2, -0.15) is 0 Å². The van der Waals surface area contributed by atoms with Gasteiger partial charge in [0.15, 0.2) is 11.5 Å². The minimum Gasteiger partial charge on any atom is -0.493 e. The second-order valence-electron chi connectivity index (χ2n) is 5.89. The molecule has 0 spiro atoms. The minimum absolute atomic E-state index is 0.253. The van der Waals surface area contributed by atoms with Crippen LogP contribution in [0, 0.1) is 5.82 Å². The zero-order valence-corrected chi connectivity index (χ0v) is 17.8. The molecule has 0 saturated carbocycles. The van der Waals surface area contributed by atoms with Crippen LogP contribution in [-0.2, 0) is 13.2 Å². The lowest BCUT2D eigenvalue weighted by atomic mass is 10.2. The molecule has 0 unspecified atom stereocenters. The van der Waals surface area contributed by atoms with Gasteiger partial charge in [0.25, 0.3) is 0 Å². The van der Waals surface area contributed by atoms with Crippen molar-refractivity contribution < 1.29 is 13.9 Å². The Labute approximate surface area is 174 Å². The van der Waals surface area contributed by atoms with Crippen LogP contribution >= 0.6 is 31.9 Å². The zero-order chi connectivity index (χ0) is 19.2. The molecule has 0 aliphatic heterocycles. The number of halogens is 3. The highest BCUT2D eigenvalue weighted by atomic mass is 79.9. The van der Waals surface area contributed by atoms with E-state index in [1.54, 1.807) is 13.2 Å². The van der Waals surface area contributed by atoms with Crippen LogP contribution in [0.1, 0.15) is 11.1 Å². The van der Waals surface area contributed by atoms with Crippen molar-refractivity contribution in [3.05, 3.63) is 86.6 Å². The summed E-state index contributed by atoms with van der Waals surface area (Å²) in [7, 11) is 1.60. The molecule has 3 rings (SSSR count). The van der Waals surface area contributed by atoms with Crippen molar-refractivity contribution in [3.63, 3.8) is 0 Å². The summed E-state index contributed by atoms with van der Waals surface area (Å²) >= 11 is 6.98. The van der Waals surface area contributed by atoms with Gasteiger partial charge in [0, 0.05) is 16.7 Å². The van der Waals surface area contributed by atoms with Crippen molar-refractivity contribution in [2.75, 3.05) is 12.4 Å². The first-order valence-electron chi connectivity index (χ1n) is 8.28. The van der Waals surface area contributed by atoms with Crippen molar-refractivity contribution in [2.45, 2.75) is 13.2 Å². The summed E-state index contributed by atoms with van der Waals surface area (Å²) in [5.74, 6) is 0.930. The normalized spacial score (nSPS) is 10.5. The van der Waals surface area contributed by atoms with Crippen molar-refractivity contribution in [1.29, 1.82) is 0 Å². The van der Waals surface area contributed by atoms with Gasteiger partial charge >= 0.3 is 0 Å². The number of hydrogen-bond acceptors (Lipinski definition) is 3. The average Bonchev–Trinajstić information content (AvgIpc) is 2.66. The fraction of sp³-hybridized carbons (Fsp3) is 0.143. The molecule has 3 aromatic rings. The van der Waals surface area contributed by atoms with Crippen LogP contribution < -0.4 is 14.8 Å². The summed E-state index contributed by atoms with van der Waals surface area (Å²) in [4.78, 5) is 0. The zero-order valence-electron chi connectivity index (χ0n) is 14.6. The SMILES string of the molecule is COc1cc(CNc2ccc(Br)cc2)cc(Br)c1OCc1cccc(F)c1. The molecule has 140 valence electrons. The summed E-state index contributed by atoms with van der Waals surface area (Å²) in [6.07, 6.45) is 0. The summed E-state index contributed by atoms with van der Waals surface area (Å²) in [5.41, 5.74) is 2.82. The maximum Gasteiger partial charge on any atom is 0.175 e. The Morgan fingerprint density at radius 2 is 1.74 bits per heavy atom. The van der Waals surface area contributed by atoms with Crippen molar-refractivity contribution in [1.82, 2.24) is 0 Å². The van der Waals surface area contributed by atoms with Crippen LogP contribution in [-0.4, -0.2) is 7.11 Å². The third kappa shape index (κ3) is 5.47. The molecule has 6 heteroatoms. The Hall–Kier alpha value is -2.05. The van der Waals surface area contributed by atoms with Gasteiger partial charge in [-0.1, -0.05) is 28.1 Å². The molecule has 0 heterocycles. The lowest BCUT2D eigenvalue weighted by Crippen LogP contribution is -2.03. The number of methoxy groups -OCH3 is 1. The fourth-order valence-electron chi connectivity index (χ4n) is 2.57. The summed E-state index contributed by atoms with van der Waals surface area (Å²) in [5, 5.41) is 3.37. The van der Waals surface area contributed by atoms with E-state index in [-0.39, 0.29) is 12.4 Å². The summed E-state index contributed by atoms with van der Waals surface area (Å²) in [6.45, 7) is 0.893. The highest BCUT2D eigenvalue weighted by Gasteiger charge is 2.12. The van der Waals surface area contributed by atoms with Crippen LogP contribution in [0.2, 0.25) is 0 Å². The van der Waals surface area contributed by atoms with Crippen LogP contribution in [0.5, 0.6) is 11.5 Å². The number of anilines is 1. The molecular formula is C21H18Br2FNO2. The van der Waals surface area contributed by atoms with Crippen molar-refractivity contribution >= 4 is 37.5 Å². The molecule has 0 aliphatic rings. The molecule has 0 radical (unpaired) electrons. The monoisotopic (exact) mass is 493 g/mol. The van der Waals surface area contributed by atoms with E-state index in [0.29, 0.717) is 18.0 Å². The van der Waals surface area contributed by atoms with Gasteiger partial charge in [-0.3, -0.25) is 0 Å². The Bertz CT molecular complexity index is 917. The molecule has 27 heavy (non-hydrogen) atoms. The standard InChI is InChI=1S/C21H18Br2FNO2/c1-26-20-11-15(12-25-18-7-5-16(22)6-8-18)10-19(23)21(20)27-13-14-3-2-4-17(24)9-14/h2-11,25H,12-13H2,1H3. The summed E-state index contributed by atoms with van der Waals surface area (Å²) < 4.78 is 26.5. The maximum absolute atomic E-state index is 13.3. The van der Waals surface area contributed by atoms with Crippen LogP contribution in [0.15, 0.2) is 69.6 Å². The molecule has 0 aromatic heterocycles. The number of hydrogen-bond donors (Lipinski definition) is 1. The molecule has 3 aromatic carbocycles. The van der Waals surface area contributed by atoms with Crippen LogP contribution in [0.4, 0.5) is 10.1 Å². The van der Waals surface area contributed by atoms with E-state index in [0.717, 1.165) is 25.8 Å². The first-order chi connectivity index (χ1) is 13.0. The van der Waals surface area contributed by atoms with Crippen LogP contribution in [0.25, 0.3) is 0 Å². The van der Waals surface area contributed by atoms with Gasteiger partial charge in [-0.05, 0) is 75.6 Å². The third-order valence-corrected chi connectivity index (χ3v) is 5.02. The first-order valence-corrected chi connectivity index (χ1v) is 9.87. The van der Waals surface area contributed by atoms with E-state index < -0.39 is 0 Å². The van der Waals surface area contributed by atoms with Crippen molar-refractivity contribution in [2.24, 2.45) is 0 Å². The molecule has 3 nitrogen and oxygen atoms in total. The van der Waals surface area contributed by atoms with Gasteiger partial charge in [0.05, 0.1) is 11.6 Å². The molecular weight excluding hydrogens is 477 g/mol. The number of rotatable bonds is 7. The highest BCUT2D eigenvalue weighted by molar-refractivity contribution is 9.10. The Morgan fingerprint density at radius 1 is 0.963 bits per heavy atom. The van der Waals surface area contributed by atoms with Gasteiger partial charge in [-0.25, -0.2) is 4.39 Å². The summed E-state index contributed by atoms with van der Waals surface area (Å²) in [6, 6.07) is 18.2. The van der Waals surface area contributed by atoms with E-state index in [4.69, 9.17) is 9.47 Å². The lowest BCUT2D eigenvalue weighted by molar-refractivity contribution is 0.282. The third-order valence-electron chi connectivity index (χ3n) is 3.90. The van der Waals surface area contributed by atoms with Gasteiger partial charge < -0.3 is 14.8 Å². The topological polar surface area (TPSA) is 30.5 Å². The number of ether oxygens (including phenoxy) is 2. The van der Waals surface area contributed by atoms with E-state index in [1.165, 1.54) is 12.1 Å². The van der Waals surface area contributed by atoms with Gasteiger partial charge in [0.1, 0.15) is 12.4 Å². The number of benzene rings is 3. The molecule has 0 saturated heterocycles. The quantitative estimate of drug-likeness (QED) is 0.404. The molecule has 0 bridgehead atoms. The predicted octanol–water partition coefficient (Wildman–Crippen LogP) is 6.55. The van der Waals surface area contributed by atoms with E-state index in [9.17, 15) is 4.39 Å². The first kappa shape index (κ1) is 19.7. The predicted molar refractivity (Wildman–Crippen MR) is 113 cm³/mol. The molecule has 1 N–H and O–H groups in total. The molecule has 0 aliphatic carbocycles. The van der Waals surface area contributed by atoms with E-state index >= 15 is 0 Å². The largest absolute Gasteiger partial charge is 0.493 e. The minimum atomic E-state index is -0.281. The second-order valence-corrected chi connectivity index (χ2v) is 7.66. The fourth-order valence-corrected chi connectivity index (χ4v) is 3.44. The second kappa shape index (κ2) is 9.24. The smallest absolute Gasteiger partial charge is 0.175 e. The maximum atomic E-state index is 13.3. The number of nitrogens with one attached hydrogen (secondary N) is 1.